The number of thiazole rings is 1. The average molecular weight is 499 g/mol. The summed E-state index contributed by atoms with van der Waals surface area (Å²) >= 11 is 1.45. The van der Waals surface area contributed by atoms with E-state index in [-0.39, 0.29) is 23.7 Å². The third-order valence-corrected chi connectivity index (χ3v) is 8.22. The molecule has 7 heteroatoms. The molecule has 0 aliphatic heterocycles. The summed E-state index contributed by atoms with van der Waals surface area (Å²) in [4.78, 5) is 29.6. The zero-order chi connectivity index (χ0) is 24.5. The fourth-order valence-corrected chi connectivity index (χ4v) is 5.99. The highest BCUT2D eigenvalue weighted by atomic mass is 32.1. The van der Waals surface area contributed by atoms with Gasteiger partial charge in [-0.25, -0.2) is 4.98 Å². The molecule has 1 aromatic heterocycles. The normalized spacial score (nSPS) is 19.9. The minimum atomic E-state index is -0.00148. The molecule has 3 aromatic carbocycles. The Morgan fingerprint density at radius 1 is 0.861 bits per heavy atom. The Hall–Kier alpha value is -3.29. The van der Waals surface area contributed by atoms with Gasteiger partial charge < -0.3 is 16.0 Å². The lowest BCUT2D eigenvalue weighted by Gasteiger charge is -2.29. The Balaban J connectivity index is 1.05. The summed E-state index contributed by atoms with van der Waals surface area (Å²) < 4.78 is 0.956. The molecular formula is C29H30N4O2S. The first-order valence-electron chi connectivity index (χ1n) is 12.8. The summed E-state index contributed by atoms with van der Waals surface area (Å²) in [5.41, 5.74) is 2.88. The van der Waals surface area contributed by atoms with Gasteiger partial charge in [0.05, 0.1) is 10.2 Å². The summed E-state index contributed by atoms with van der Waals surface area (Å²) in [5, 5.41) is 12.9. The lowest BCUT2D eigenvalue weighted by Crippen LogP contribution is -2.37. The minimum Gasteiger partial charge on any atom is -0.326 e. The van der Waals surface area contributed by atoms with Gasteiger partial charge in [0.2, 0.25) is 11.8 Å². The third-order valence-electron chi connectivity index (χ3n) is 7.29. The second kappa shape index (κ2) is 9.99. The Morgan fingerprint density at radius 3 is 2.56 bits per heavy atom. The molecule has 1 heterocycles. The maximum absolute atomic E-state index is 13.1. The minimum absolute atomic E-state index is 0.00148. The van der Waals surface area contributed by atoms with Crippen LogP contribution in [-0.4, -0.2) is 22.8 Å². The molecule has 4 aromatic rings. The molecule has 0 saturated heterocycles. The standard InChI is InChI=1S/C29H30N4O2S/c34-27(20-10-11-20)33-29-32-25-13-12-24(16-26(25)36-29)31-28(35)22-6-3-7-23(15-22)30-17-18-8-9-19-4-1-2-5-21(19)14-18/h1-2,4-5,8-9,12-14,16,20,22-23,30H,3,6-7,10-11,15,17H2,(H,31,35)(H,32,33,34)/t22-,23-/m1/s1. The van der Waals surface area contributed by atoms with E-state index in [4.69, 9.17) is 0 Å². The second-order valence-corrected chi connectivity index (χ2v) is 11.1. The fraction of sp³-hybridized carbons (Fsp3) is 0.345. The number of hydrogen-bond acceptors (Lipinski definition) is 5. The molecule has 2 aliphatic rings. The number of benzene rings is 3. The number of carbonyl (C=O) groups excluding carboxylic acids is 2. The topological polar surface area (TPSA) is 83.1 Å². The van der Waals surface area contributed by atoms with Crippen LogP contribution in [0.4, 0.5) is 10.8 Å². The van der Waals surface area contributed by atoms with Crippen molar-refractivity contribution in [3.05, 3.63) is 66.2 Å². The van der Waals surface area contributed by atoms with Gasteiger partial charge in [0.1, 0.15) is 0 Å². The van der Waals surface area contributed by atoms with Crippen LogP contribution in [0, 0.1) is 11.8 Å². The first-order valence-corrected chi connectivity index (χ1v) is 13.7. The largest absolute Gasteiger partial charge is 0.326 e. The number of hydrogen-bond donors (Lipinski definition) is 3. The van der Waals surface area contributed by atoms with Gasteiger partial charge in [-0.2, -0.15) is 0 Å². The van der Waals surface area contributed by atoms with Crippen LogP contribution in [0.2, 0.25) is 0 Å². The molecule has 0 unspecified atom stereocenters. The molecule has 184 valence electrons. The van der Waals surface area contributed by atoms with E-state index >= 15 is 0 Å². The van der Waals surface area contributed by atoms with E-state index in [1.165, 1.54) is 27.7 Å². The molecule has 2 saturated carbocycles. The van der Waals surface area contributed by atoms with Gasteiger partial charge in [0.25, 0.3) is 0 Å². The first kappa shape index (κ1) is 23.1. The van der Waals surface area contributed by atoms with Crippen molar-refractivity contribution >= 4 is 55.0 Å². The number of carbonyl (C=O) groups is 2. The number of rotatable bonds is 7. The monoisotopic (exact) mass is 498 g/mol. The first-order chi connectivity index (χ1) is 17.6. The number of amides is 2. The van der Waals surface area contributed by atoms with Crippen LogP contribution in [0.1, 0.15) is 44.1 Å². The van der Waals surface area contributed by atoms with E-state index in [1.807, 2.05) is 18.2 Å². The van der Waals surface area contributed by atoms with Crippen molar-refractivity contribution in [2.75, 3.05) is 10.6 Å². The summed E-state index contributed by atoms with van der Waals surface area (Å²) in [5.74, 6) is 0.286. The number of aromatic nitrogens is 1. The molecule has 3 N–H and O–H groups in total. The average Bonchev–Trinajstić information content (AvgIpc) is 3.68. The van der Waals surface area contributed by atoms with Gasteiger partial charge in [0, 0.05) is 30.1 Å². The molecule has 0 spiro atoms. The molecule has 2 amide bonds. The summed E-state index contributed by atoms with van der Waals surface area (Å²) in [6.45, 7) is 0.811. The molecule has 2 atom stereocenters. The summed E-state index contributed by atoms with van der Waals surface area (Å²) in [6, 6.07) is 21.1. The smallest absolute Gasteiger partial charge is 0.229 e. The van der Waals surface area contributed by atoms with Gasteiger partial charge in [-0.05, 0) is 72.7 Å². The molecule has 6 nitrogen and oxygen atoms in total. The van der Waals surface area contributed by atoms with Crippen LogP contribution in [-0.2, 0) is 16.1 Å². The number of fused-ring (bicyclic) bond motifs is 2. The van der Waals surface area contributed by atoms with Crippen molar-refractivity contribution in [3.63, 3.8) is 0 Å². The molecule has 6 rings (SSSR count). The highest BCUT2D eigenvalue weighted by Crippen LogP contribution is 2.33. The Kier molecular flexibility index (Phi) is 6.42. The van der Waals surface area contributed by atoms with Crippen molar-refractivity contribution in [1.82, 2.24) is 10.3 Å². The second-order valence-electron chi connectivity index (χ2n) is 10.1. The van der Waals surface area contributed by atoms with Crippen LogP contribution < -0.4 is 16.0 Å². The number of nitrogens with one attached hydrogen (secondary N) is 3. The van der Waals surface area contributed by atoms with E-state index in [1.54, 1.807) is 0 Å². The van der Waals surface area contributed by atoms with Crippen LogP contribution in [0.25, 0.3) is 21.0 Å². The number of anilines is 2. The van der Waals surface area contributed by atoms with Crippen LogP contribution in [0.5, 0.6) is 0 Å². The van der Waals surface area contributed by atoms with Crippen LogP contribution >= 0.6 is 11.3 Å². The van der Waals surface area contributed by atoms with Crippen molar-refractivity contribution in [2.24, 2.45) is 11.8 Å². The summed E-state index contributed by atoms with van der Waals surface area (Å²) in [6.07, 6.45) is 5.84. The van der Waals surface area contributed by atoms with Crippen molar-refractivity contribution < 1.29 is 9.59 Å². The molecule has 36 heavy (non-hydrogen) atoms. The van der Waals surface area contributed by atoms with Gasteiger partial charge >= 0.3 is 0 Å². The van der Waals surface area contributed by atoms with Crippen LogP contribution in [0.3, 0.4) is 0 Å². The summed E-state index contributed by atoms with van der Waals surface area (Å²) in [7, 11) is 0. The quantitative estimate of drug-likeness (QED) is 0.288. The lowest BCUT2D eigenvalue weighted by atomic mass is 9.85. The molecule has 0 bridgehead atoms. The molecule has 2 fully saturated rings. The van der Waals surface area contributed by atoms with Crippen molar-refractivity contribution in [2.45, 2.75) is 51.1 Å². The molecule has 0 radical (unpaired) electrons. The Labute approximate surface area is 214 Å². The maximum atomic E-state index is 13.1. The van der Waals surface area contributed by atoms with E-state index in [0.717, 1.165) is 61.0 Å². The van der Waals surface area contributed by atoms with Crippen molar-refractivity contribution in [1.29, 1.82) is 0 Å². The highest BCUT2D eigenvalue weighted by molar-refractivity contribution is 7.22. The van der Waals surface area contributed by atoms with Crippen molar-refractivity contribution in [3.8, 4) is 0 Å². The van der Waals surface area contributed by atoms with E-state index in [2.05, 4.69) is 63.4 Å². The van der Waals surface area contributed by atoms with Crippen LogP contribution in [0.15, 0.2) is 60.7 Å². The third kappa shape index (κ3) is 5.27. The predicted molar refractivity (Wildman–Crippen MR) is 146 cm³/mol. The van der Waals surface area contributed by atoms with Gasteiger partial charge in [0.15, 0.2) is 5.13 Å². The number of nitrogens with zero attached hydrogens (tertiary/aromatic N) is 1. The van der Waals surface area contributed by atoms with Gasteiger partial charge in [-0.15, -0.1) is 0 Å². The fourth-order valence-electron chi connectivity index (χ4n) is 5.08. The maximum Gasteiger partial charge on any atom is 0.229 e. The van der Waals surface area contributed by atoms with Gasteiger partial charge in [-0.1, -0.05) is 54.2 Å². The predicted octanol–water partition coefficient (Wildman–Crippen LogP) is 6.09. The van der Waals surface area contributed by atoms with E-state index < -0.39 is 0 Å². The molecular weight excluding hydrogens is 468 g/mol. The Bertz CT molecular complexity index is 1430. The lowest BCUT2D eigenvalue weighted by molar-refractivity contribution is -0.121. The SMILES string of the molecule is O=C(Nc1nc2ccc(NC(=O)[C@@H]3CCC[C@@H](NCc4ccc5ccccc5c4)C3)cc2s1)C1CC1. The zero-order valence-corrected chi connectivity index (χ0v) is 20.9. The zero-order valence-electron chi connectivity index (χ0n) is 20.1. The molecule has 2 aliphatic carbocycles. The van der Waals surface area contributed by atoms with E-state index in [9.17, 15) is 9.59 Å². The van der Waals surface area contributed by atoms with Gasteiger partial charge in [-0.3, -0.25) is 9.59 Å². The van der Waals surface area contributed by atoms with E-state index in [0.29, 0.717) is 11.2 Å². The highest BCUT2D eigenvalue weighted by Gasteiger charge is 2.30. The Morgan fingerprint density at radius 2 is 1.69 bits per heavy atom.